The SMILES string of the molecule is Cc1ccc(S(=O)(=O)OC2CC3(C2)CN(C)C3)cc1. The molecule has 0 N–H and O–H groups in total. The number of hydrogen-bond donors (Lipinski definition) is 0. The van der Waals surface area contributed by atoms with Crippen molar-refractivity contribution in [3.05, 3.63) is 29.8 Å². The molecule has 19 heavy (non-hydrogen) atoms. The van der Waals surface area contributed by atoms with E-state index in [9.17, 15) is 8.42 Å². The molecular weight excluding hydrogens is 262 g/mol. The van der Waals surface area contributed by atoms with E-state index >= 15 is 0 Å². The third kappa shape index (κ3) is 2.42. The van der Waals surface area contributed by atoms with Crippen LogP contribution in [0.2, 0.25) is 0 Å². The fraction of sp³-hybridized carbons (Fsp3) is 0.571. The Morgan fingerprint density at radius 3 is 2.32 bits per heavy atom. The van der Waals surface area contributed by atoms with Gasteiger partial charge in [-0.2, -0.15) is 8.42 Å². The van der Waals surface area contributed by atoms with E-state index < -0.39 is 10.1 Å². The highest BCUT2D eigenvalue weighted by atomic mass is 32.2. The molecule has 1 heterocycles. The van der Waals surface area contributed by atoms with Gasteiger partial charge in [0, 0.05) is 18.5 Å². The summed E-state index contributed by atoms with van der Waals surface area (Å²) in [7, 11) is -1.51. The molecule has 0 atom stereocenters. The lowest BCUT2D eigenvalue weighted by Gasteiger charge is -2.57. The number of nitrogens with zero attached hydrogens (tertiary/aromatic N) is 1. The van der Waals surface area contributed by atoms with E-state index in [0.717, 1.165) is 31.5 Å². The maximum Gasteiger partial charge on any atom is 0.297 e. The Labute approximate surface area is 114 Å². The summed E-state index contributed by atoms with van der Waals surface area (Å²) in [6, 6.07) is 6.80. The Morgan fingerprint density at radius 1 is 1.21 bits per heavy atom. The van der Waals surface area contributed by atoms with Crippen LogP contribution in [0.3, 0.4) is 0 Å². The zero-order valence-corrected chi connectivity index (χ0v) is 12.1. The molecule has 1 spiro atoms. The molecule has 104 valence electrons. The third-order valence-corrected chi connectivity index (χ3v) is 5.48. The lowest BCUT2D eigenvalue weighted by Crippen LogP contribution is -2.62. The molecule has 0 unspecified atom stereocenters. The molecule has 1 aliphatic carbocycles. The maximum atomic E-state index is 12.1. The second kappa shape index (κ2) is 4.30. The van der Waals surface area contributed by atoms with Crippen molar-refractivity contribution in [1.29, 1.82) is 0 Å². The van der Waals surface area contributed by atoms with Gasteiger partial charge in [-0.15, -0.1) is 0 Å². The van der Waals surface area contributed by atoms with Gasteiger partial charge in [0.1, 0.15) is 0 Å². The summed E-state index contributed by atoms with van der Waals surface area (Å²) in [5.41, 5.74) is 1.38. The quantitative estimate of drug-likeness (QED) is 0.793. The average molecular weight is 281 g/mol. The predicted octanol–water partition coefficient (Wildman–Crippen LogP) is 1.79. The Balaban J connectivity index is 1.62. The zero-order valence-electron chi connectivity index (χ0n) is 11.3. The first kappa shape index (κ1) is 13.1. The monoisotopic (exact) mass is 281 g/mol. The molecule has 0 amide bonds. The third-order valence-electron chi connectivity index (χ3n) is 4.10. The van der Waals surface area contributed by atoms with Gasteiger partial charge in [0.05, 0.1) is 11.0 Å². The van der Waals surface area contributed by atoms with E-state index in [2.05, 4.69) is 11.9 Å². The second-order valence-corrected chi connectivity index (χ2v) is 7.64. The largest absolute Gasteiger partial charge is 0.305 e. The molecule has 1 saturated carbocycles. The minimum Gasteiger partial charge on any atom is -0.305 e. The number of likely N-dealkylation sites (tertiary alicyclic amines) is 1. The lowest BCUT2D eigenvalue weighted by molar-refractivity contribution is -0.107. The van der Waals surface area contributed by atoms with Gasteiger partial charge in [-0.05, 0) is 38.9 Å². The minimum absolute atomic E-state index is 0.139. The van der Waals surface area contributed by atoms with Crippen molar-refractivity contribution in [3.63, 3.8) is 0 Å². The molecule has 4 nitrogen and oxygen atoms in total. The van der Waals surface area contributed by atoms with Crippen molar-refractivity contribution >= 4 is 10.1 Å². The van der Waals surface area contributed by atoms with Crippen LogP contribution in [0.1, 0.15) is 18.4 Å². The summed E-state index contributed by atoms with van der Waals surface area (Å²) in [4.78, 5) is 2.51. The Hall–Kier alpha value is -0.910. The summed E-state index contributed by atoms with van der Waals surface area (Å²) in [6.45, 7) is 4.06. The zero-order chi connectivity index (χ0) is 13.7. The van der Waals surface area contributed by atoms with Crippen LogP contribution in [0.25, 0.3) is 0 Å². The van der Waals surface area contributed by atoms with Crippen molar-refractivity contribution in [2.75, 3.05) is 20.1 Å². The topological polar surface area (TPSA) is 46.6 Å². The lowest BCUT2D eigenvalue weighted by atomic mass is 9.62. The standard InChI is InChI=1S/C14H19NO3S/c1-11-3-5-13(6-4-11)19(16,17)18-12-7-14(8-12)9-15(2)10-14/h3-6,12H,7-10H2,1-2H3. The average Bonchev–Trinajstić information content (AvgIpc) is 2.24. The van der Waals surface area contributed by atoms with Gasteiger partial charge in [0.2, 0.25) is 0 Å². The molecule has 1 saturated heterocycles. The molecule has 1 aromatic carbocycles. The molecule has 1 aromatic rings. The number of rotatable bonds is 3. The number of hydrogen-bond acceptors (Lipinski definition) is 4. The van der Waals surface area contributed by atoms with E-state index in [1.165, 1.54) is 0 Å². The van der Waals surface area contributed by atoms with Gasteiger partial charge in [0.25, 0.3) is 10.1 Å². The first-order valence-corrected chi connectivity index (χ1v) is 7.98. The number of aryl methyl sites for hydroxylation is 1. The van der Waals surface area contributed by atoms with Gasteiger partial charge in [-0.25, -0.2) is 0 Å². The Bertz CT molecular complexity index is 565. The summed E-state index contributed by atoms with van der Waals surface area (Å²) < 4.78 is 29.5. The van der Waals surface area contributed by atoms with E-state index in [4.69, 9.17) is 4.18 Å². The van der Waals surface area contributed by atoms with E-state index in [0.29, 0.717) is 5.41 Å². The molecular formula is C14H19NO3S. The highest BCUT2D eigenvalue weighted by Gasteiger charge is 2.52. The predicted molar refractivity (Wildman–Crippen MR) is 72.4 cm³/mol. The van der Waals surface area contributed by atoms with Crippen molar-refractivity contribution in [3.8, 4) is 0 Å². The van der Waals surface area contributed by atoms with E-state index in [1.54, 1.807) is 24.3 Å². The fourth-order valence-corrected chi connectivity index (χ4v) is 4.35. The fourth-order valence-electron chi connectivity index (χ4n) is 3.27. The molecule has 3 rings (SSSR count). The second-order valence-electron chi connectivity index (χ2n) is 6.07. The van der Waals surface area contributed by atoms with Crippen LogP contribution in [0.4, 0.5) is 0 Å². The van der Waals surface area contributed by atoms with Crippen LogP contribution < -0.4 is 0 Å². The van der Waals surface area contributed by atoms with E-state index in [1.807, 2.05) is 6.92 Å². The summed E-state index contributed by atoms with van der Waals surface area (Å²) in [6.07, 6.45) is 1.59. The first-order valence-electron chi connectivity index (χ1n) is 6.57. The van der Waals surface area contributed by atoms with Crippen molar-refractivity contribution < 1.29 is 12.6 Å². The summed E-state index contributed by atoms with van der Waals surface area (Å²) in [5.74, 6) is 0. The van der Waals surface area contributed by atoms with Crippen LogP contribution in [0, 0.1) is 12.3 Å². The van der Waals surface area contributed by atoms with Crippen LogP contribution in [0.15, 0.2) is 29.2 Å². The van der Waals surface area contributed by atoms with Gasteiger partial charge in [-0.1, -0.05) is 17.7 Å². The molecule has 0 bridgehead atoms. The van der Waals surface area contributed by atoms with Gasteiger partial charge >= 0.3 is 0 Å². The van der Waals surface area contributed by atoms with E-state index in [-0.39, 0.29) is 11.0 Å². The normalized spacial score (nSPS) is 23.1. The molecule has 0 aromatic heterocycles. The summed E-state index contributed by atoms with van der Waals surface area (Å²) >= 11 is 0. The molecule has 5 heteroatoms. The van der Waals surface area contributed by atoms with Crippen LogP contribution in [-0.2, 0) is 14.3 Å². The van der Waals surface area contributed by atoms with Gasteiger partial charge in [-0.3, -0.25) is 4.18 Å². The molecule has 0 radical (unpaired) electrons. The van der Waals surface area contributed by atoms with Crippen molar-refractivity contribution in [2.24, 2.45) is 5.41 Å². The smallest absolute Gasteiger partial charge is 0.297 e. The Morgan fingerprint density at radius 2 is 1.79 bits per heavy atom. The van der Waals surface area contributed by atoms with Crippen LogP contribution in [0.5, 0.6) is 0 Å². The van der Waals surface area contributed by atoms with Crippen molar-refractivity contribution in [1.82, 2.24) is 4.90 Å². The highest BCUT2D eigenvalue weighted by molar-refractivity contribution is 7.86. The van der Waals surface area contributed by atoms with Gasteiger partial charge in [0.15, 0.2) is 0 Å². The Kier molecular flexibility index (Phi) is 2.96. The van der Waals surface area contributed by atoms with Crippen LogP contribution >= 0.6 is 0 Å². The first-order chi connectivity index (χ1) is 8.89. The maximum absolute atomic E-state index is 12.1. The number of benzene rings is 1. The molecule has 2 aliphatic rings. The van der Waals surface area contributed by atoms with Crippen LogP contribution in [-0.4, -0.2) is 39.6 Å². The molecule has 1 aliphatic heterocycles. The highest BCUT2D eigenvalue weighted by Crippen LogP contribution is 2.49. The van der Waals surface area contributed by atoms with Crippen molar-refractivity contribution in [2.45, 2.75) is 30.8 Å². The summed E-state index contributed by atoms with van der Waals surface area (Å²) in [5, 5.41) is 0. The van der Waals surface area contributed by atoms with Gasteiger partial charge < -0.3 is 4.90 Å². The minimum atomic E-state index is -3.60. The molecule has 2 fully saturated rings.